The predicted octanol–water partition coefficient (Wildman–Crippen LogP) is 1.65. The molecule has 1 heterocycles. The van der Waals surface area contributed by atoms with E-state index in [1.54, 1.807) is 12.3 Å². The second kappa shape index (κ2) is 4.93. The number of carbonyl (C=O) groups is 2. The van der Waals surface area contributed by atoms with Crippen molar-refractivity contribution in [3.63, 3.8) is 0 Å². The maximum Gasteiger partial charge on any atom is 0.305 e. The third-order valence-electron chi connectivity index (χ3n) is 1.96. The Labute approximate surface area is 91.9 Å². The van der Waals surface area contributed by atoms with E-state index in [1.165, 1.54) is 11.3 Å². The van der Waals surface area contributed by atoms with Gasteiger partial charge in [-0.1, -0.05) is 0 Å². The highest BCUT2D eigenvalue weighted by Crippen LogP contribution is 2.13. The second-order valence-electron chi connectivity index (χ2n) is 3.44. The SMILES string of the molecule is Cc1cscc1C(=O)NC(C)CC(=O)O. The van der Waals surface area contributed by atoms with Gasteiger partial charge in [-0.15, -0.1) is 0 Å². The van der Waals surface area contributed by atoms with Gasteiger partial charge in [-0.3, -0.25) is 9.59 Å². The predicted molar refractivity (Wildman–Crippen MR) is 58.2 cm³/mol. The lowest BCUT2D eigenvalue weighted by Gasteiger charge is -2.10. The van der Waals surface area contributed by atoms with Gasteiger partial charge in [-0.25, -0.2) is 0 Å². The molecule has 1 amide bonds. The van der Waals surface area contributed by atoms with Gasteiger partial charge >= 0.3 is 5.97 Å². The van der Waals surface area contributed by atoms with E-state index in [4.69, 9.17) is 5.11 Å². The van der Waals surface area contributed by atoms with Crippen LogP contribution in [0.3, 0.4) is 0 Å². The van der Waals surface area contributed by atoms with Crippen molar-refractivity contribution < 1.29 is 14.7 Å². The molecule has 0 radical (unpaired) electrons. The number of nitrogens with one attached hydrogen (secondary N) is 1. The highest BCUT2D eigenvalue weighted by Gasteiger charge is 2.14. The molecule has 82 valence electrons. The Morgan fingerprint density at radius 2 is 2.20 bits per heavy atom. The molecule has 2 N–H and O–H groups in total. The molecule has 1 aromatic heterocycles. The zero-order valence-corrected chi connectivity index (χ0v) is 9.43. The second-order valence-corrected chi connectivity index (χ2v) is 4.18. The maximum absolute atomic E-state index is 11.6. The molecule has 4 nitrogen and oxygen atoms in total. The fraction of sp³-hybridized carbons (Fsp3) is 0.400. The molecule has 1 atom stereocenters. The van der Waals surface area contributed by atoms with Crippen molar-refractivity contribution >= 4 is 23.2 Å². The number of aryl methyl sites for hydroxylation is 1. The molecule has 0 saturated carbocycles. The van der Waals surface area contributed by atoms with E-state index in [0.717, 1.165) is 5.56 Å². The molecule has 0 aliphatic heterocycles. The molecule has 0 spiro atoms. The molecule has 0 fully saturated rings. The summed E-state index contributed by atoms with van der Waals surface area (Å²) in [7, 11) is 0. The monoisotopic (exact) mass is 227 g/mol. The minimum absolute atomic E-state index is 0.0606. The highest BCUT2D eigenvalue weighted by atomic mass is 32.1. The standard InChI is InChI=1S/C10H13NO3S/c1-6-4-15-5-8(6)10(14)11-7(2)3-9(12)13/h4-5,7H,3H2,1-2H3,(H,11,14)(H,12,13). The van der Waals surface area contributed by atoms with Crippen LogP contribution in [0.2, 0.25) is 0 Å². The fourth-order valence-electron chi connectivity index (χ4n) is 1.21. The van der Waals surface area contributed by atoms with Gasteiger partial charge in [0.2, 0.25) is 0 Å². The summed E-state index contributed by atoms with van der Waals surface area (Å²) in [5, 5.41) is 14.8. The molecule has 1 unspecified atom stereocenters. The zero-order chi connectivity index (χ0) is 11.4. The Kier molecular flexibility index (Phi) is 3.85. The average Bonchev–Trinajstić information content (AvgIpc) is 2.49. The topological polar surface area (TPSA) is 66.4 Å². The molecule has 0 aromatic carbocycles. The smallest absolute Gasteiger partial charge is 0.305 e. The van der Waals surface area contributed by atoms with Gasteiger partial charge in [0.05, 0.1) is 12.0 Å². The van der Waals surface area contributed by atoms with Crippen molar-refractivity contribution in [1.29, 1.82) is 0 Å². The van der Waals surface area contributed by atoms with Gasteiger partial charge in [0.1, 0.15) is 0 Å². The Morgan fingerprint density at radius 3 is 2.67 bits per heavy atom. The quantitative estimate of drug-likeness (QED) is 0.822. The van der Waals surface area contributed by atoms with Crippen LogP contribution in [0, 0.1) is 6.92 Å². The van der Waals surface area contributed by atoms with E-state index >= 15 is 0 Å². The van der Waals surface area contributed by atoms with Crippen LogP contribution in [0.1, 0.15) is 29.3 Å². The van der Waals surface area contributed by atoms with E-state index in [2.05, 4.69) is 5.32 Å². The van der Waals surface area contributed by atoms with Gasteiger partial charge in [-0.2, -0.15) is 11.3 Å². The lowest BCUT2D eigenvalue weighted by Crippen LogP contribution is -2.34. The molecule has 15 heavy (non-hydrogen) atoms. The molecular weight excluding hydrogens is 214 g/mol. The summed E-state index contributed by atoms with van der Waals surface area (Å²) in [6, 6.07) is -0.353. The van der Waals surface area contributed by atoms with Crippen molar-refractivity contribution in [1.82, 2.24) is 5.32 Å². The highest BCUT2D eigenvalue weighted by molar-refractivity contribution is 7.08. The first-order chi connectivity index (χ1) is 7.00. The Bertz CT molecular complexity index is 372. The summed E-state index contributed by atoms with van der Waals surface area (Å²) in [6.07, 6.45) is -0.0606. The molecule has 5 heteroatoms. The molecule has 1 rings (SSSR count). The number of amides is 1. The lowest BCUT2D eigenvalue weighted by atomic mass is 10.2. The molecule has 0 aliphatic carbocycles. The Balaban J connectivity index is 2.56. The first kappa shape index (κ1) is 11.7. The number of carboxylic acids is 1. The van der Waals surface area contributed by atoms with E-state index in [-0.39, 0.29) is 18.4 Å². The van der Waals surface area contributed by atoms with E-state index in [1.807, 2.05) is 12.3 Å². The van der Waals surface area contributed by atoms with Crippen LogP contribution in [0.5, 0.6) is 0 Å². The van der Waals surface area contributed by atoms with Crippen molar-refractivity contribution in [3.05, 3.63) is 21.9 Å². The molecule has 0 aliphatic rings. The first-order valence-corrected chi connectivity index (χ1v) is 5.50. The van der Waals surface area contributed by atoms with Gasteiger partial charge in [0, 0.05) is 11.4 Å². The number of carboxylic acid groups (broad SMARTS) is 1. The zero-order valence-electron chi connectivity index (χ0n) is 8.61. The normalized spacial score (nSPS) is 12.1. The van der Waals surface area contributed by atoms with Gasteiger partial charge < -0.3 is 10.4 Å². The molecular formula is C10H13NO3S. The number of rotatable bonds is 4. The number of hydrogen-bond acceptors (Lipinski definition) is 3. The fourth-order valence-corrected chi connectivity index (χ4v) is 2.04. The minimum atomic E-state index is -0.912. The molecule has 1 aromatic rings. The summed E-state index contributed by atoms with van der Waals surface area (Å²) in [4.78, 5) is 22.0. The van der Waals surface area contributed by atoms with E-state index in [9.17, 15) is 9.59 Å². The van der Waals surface area contributed by atoms with E-state index < -0.39 is 5.97 Å². The minimum Gasteiger partial charge on any atom is -0.481 e. The maximum atomic E-state index is 11.6. The molecule has 0 bridgehead atoms. The van der Waals surface area contributed by atoms with Crippen molar-refractivity contribution in [2.24, 2.45) is 0 Å². The number of aliphatic carboxylic acids is 1. The van der Waals surface area contributed by atoms with Crippen molar-refractivity contribution in [3.8, 4) is 0 Å². The van der Waals surface area contributed by atoms with Gasteiger partial charge in [-0.05, 0) is 24.8 Å². The van der Waals surface area contributed by atoms with E-state index in [0.29, 0.717) is 5.56 Å². The molecule has 0 saturated heterocycles. The van der Waals surface area contributed by atoms with Crippen LogP contribution in [0.25, 0.3) is 0 Å². The third-order valence-corrected chi connectivity index (χ3v) is 2.82. The van der Waals surface area contributed by atoms with Crippen molar-refractivity contribution in [2.75, 3.05) is 0 Å². The van der Waals surface area contributed by atoms with Crippen LogP contribution in [0.4, 0.5) is 0 Å². The Morgan fingerprint density at radius 1 is 1.53 bits per heavy atom. The van der Waals surface area contributed by atoms with Crippen molar-refractivity contribution in [2.45, 2.75) is 26.3 Å². The first-order valence-electron chi connectivity index (χ1n) is 4.56. The number of carbonyl (C=O) groups excluding carboxylic acids is 1. The van der Waals surface area contributed by atoms with Gasteiger partial charge in [0.15, 0.2) is 0 Å². The third kappa shape index (κ3) is 3.36. The number of thiophene rings is 1. The lowest BCUT2D eigenvalue weighted by molar-refractivity contribution is -0.137. The Hall–Kier alpha value is -1.36. The average molecular weight is 227 g/mol. The summed E-state index contributed by atoms with van der Waals surface area (Å²) >= 11 is 1.46. The number of hydrogen-bond donors (Lipinski definition) is 2. The summed E-state index contributed by atoms with van der Waals surface area (Å²) in [5.41, 5.74) is 1.54. The van der Waals surface area contributed by atoms with Crippen LogP contribution in [-0.4, -0.2) is 23.0 Å². The van der Waals surface area contributed by atoms with Crippen LogP contribution < -0.4 is 5.32 Å². The van der Waals surface area contributed by atoms with Crippen LogP contribution in [0.15, 0.2) is 10.8 Å². The van der Waals surface area contributed by atoms with Crippen LogP contribution >= 0.6 is 11.3 Å². The summed E-state index contributed by atoms with van der Waals surface area (Å²) in [5.74, 6) is -1.12. The summed E-state index contributed by atoms with van der Waals surface area (Å²) in [6.45, 7) is 3.53. The summed E-state index contributed by atoms with van der Waals surface area (Å²) < 4.78 is 0. The van der Waals surface area contributed by atoms with Crippen LogP contribution in [-0.2, 0) is 4.79 Å². The van der Waals surface area contributed by atoms with Gasteiger partial charge in [0.25, 0.3) is 5.91 Å². The largest absolute Gasteiger partial charge is 0.481 e.